The number of para-hydroxylation sites is 1. The van der Waals surface area contributed by atoms with E-state index in [1.807, 2.05) is 30.3 Å². The molecule has 0 unspecified atom stereocenters. The number of fused-ring (bicyclic) bond motifs is 1. The molecule has 2 aromatic rings. The molecule has 4 nitrogen and oxygen atoms in total. The minimum Gasteiger partial charge on any atom is -0.410 e. The Hall–Kier alpha value is -2.33. The molecule has 102 valence electrons. The van der Waals surface area contributed by atoms with Crippen LogP contribution in [0, 0.1) is 0 Å². The Balaban J connectivity index is 1.70. The van der Waals surface area contributed by atoms with Crippen LogP contribution in [0.5, 0.6) is 5.75 Å². The van der Waals surface area contributed by atoms with E-state index >= 15 is 0 Å². The van der Waals surface area contributed by atoms with Gasteiger partial charge in [0.25, 0.3) is 0 Å². The Bertz CT molecular complexity index is 612. The van der Waals surface area contributed by atoms with Gasteiger partial charge in [-0.15, -0.1) is 0 Å². The van der Waals surface area contributed by atoms with Crippen molar-refractivity contribution in [1.82, 2.24) is 5.32 Å². The number of carbonyl (C=O) groups is 1. The lowest BCUT2D eigenvalue weighted by atomic mass is 10.1. The first-order chi connectivity index (χ1) is 9.74. The number of aliphatic hydroxyl groups is 1. The quantitative estimate of drug-likeness (QED) is 0.880. The molecule has 20 heavy (non-hydrogen) atoms. The van der Waals surface area contributed by atoms with Crippen LogP contribution in [0.2, 0.25) is 0 Å². The van der Waals surface area contributed by atoms with Gasteiger partial charge in [0.1, 0.15) is 5.75 Å². The van der Waals surface area contributed by atoms with Gasteiger partial charge in [0.15, 0.2) is 0 Å². The van der Waals surface area contributed by atoms with Crippen LogP contribution in [0.15, 0.2) is 54.6 Å². The highest BCUT2D eigenvalue weighted by atomic mass is 16.6. The summed E-state index contributed by atoms with van der Waals surface area (Å²) in [5, 5.41) is 12.8. The molecule has 0 spiro atoms. The molecular weight excluding hydrogens is 254 g/mol. The summed E-state index contributed by atoms with van der Waals surface area (Å²) in [5.74, 6) is 0.478. The molecule has 0 saturated heterocycles. The van der Waals surface area contributed by atoms with Crippen LogP contribution in [0.3, 0.4) is 0 Å². The monoisotopic (exact) mass is 269 g/mol. The zero-order chi connectivity index (χ0) is 13.9. The van der Waals surface area contributed by atoms with Crippen molar-refractivity contribution in [2.45, 2.75) is 18.6 Å². The standard InChI is InChI=1S/C16H15NO3/c18-14-10-11-6-4-5-9-13(11)15(14)17-16(19)20-12-7-2-1-3-8-12/h1-9,14-15,18H,10H2,(H,17,19)/t14-,15+/m1/s1. The van der Waals surface area contributed by atoms with Gasteiger partial charge < -0.3 is 15.2 Å². The molecule has 2 aromatic carbocycles. The van der Waals surface area contributed by atoms with Crippen molar-refractivity contribution in [2.24, 2.45) is 0 Å². The molecule has 4 heteroatoms. The molecule has 0 heterocycles. The predicted octanol–water partition coefficient (Wildman–Crippen LogP) is 2.43. The number of benzene rings is 2. The Kier molecular flexibility index (Phi) is 3.39. The van der Waals surface area contributed by atoms with Crippen molar-refractivity contribution in [3.8, 4) is 5.75 Å². The largest absolute Gasteiger partial charge is 0.413 e. The molecule has 0 fully saturated rings. The minimum atomic E-state index is -0.615. The van der Waals surface area contributed by atoms with Gasteiger partial charge in [0.2, 0.25) is 0 Å². The van der Waals surface area contributed by atoms with Crippen molar-refractivity contribution in [2.75, 3.05) is 0 Å². The fourth-order valence-corrected chi connectivity index (χ4v) is 2.50. The summed E-state index contributed by atoms with van der Waals surface area (Å²) in [6.45, 7) is 0. The highest BCUT2D eigenvalue weighted by molar-refractivity contribution is 5.71. The van der Waals surface area contributed by atoms with E-state index in [0.29, 0.717) is 12.2 Å². The van der Waals surface area contributed by atoms with E-state index in [-0.39, 0.29) is 0 Å². The molecule has 1 amide bonds. The zero-order valence-electron chi connectivity index (χ0n) is 10.8. The lowest BCUT2D eigenvalue weighted by Crippen LogP contribution is -2.35. The number of nitrogens with one attached hydrogen (secondary N) is 1. The number of hydrogen-bond donors (Lipinski definition) is 2. The van der Waals surface area contributed by atoms with E-state index in [4.69, 9.17) is 4.74 Å². The number of carbonyl (C=O) groups excluding carboxylic acids is 1. The maximum Gasteiger partial charge on any atom is 0.413 e. The topological polar surface area (TPSA) is 58.6 Å². The maximum absolute atomic E-state index is 11.9. The van der Waals surface area contributed by atoms with Gasteiger partial charge in [-0.1, -0.05) is 42.5 Å². The second kappa shape index (κ2) is 5.35. The third-order valence-electron chi connectivity index (χ3n) is 3.43. The summed E-state index contributed by atoms with van der Waals surface area (Å²) >= 11 is 0. The molecule has 0 aliphatic heterocycles. The second-order valence-electron chi connectivity index (χ2n) is 4.79. The van der Waals surface area contributed by atoms with E-state index in [1.54, 1.807) is 24.3 Å². The van der Waals surface area contributed by atoms with Crippen molar-refractivity contribution in [3.05, 3.63) is 65.7 Å². The number of hydrogen-bond acceptors (Lipinski definition) is 3. The van der Waals surface area contributed by atoms with E-state index in [1.165, 1.54) is 0 Å². The lowest BCUT2D eigenvalue weighted by molar-refractivity contribution is 0.133. The van der Waals surface area contributed by atoms with Crippen LogP contribution in [-0.2, 0) is 6.42 Å². The smallest absolute Gasteiger partial charge is 0.410 e. The molecule has 0 radical (unpaired) electrons. The van der Waals surface area contributed by atoms with Gasteiger partial charge in [0, 0.05) is 6.42 Å². The SMILES string of the molecule is O=C(N[C@H]1c2ccccc2C[C@H]1O)Oc1ccccc1. The van der Waals surface area contributed by atoms with E-state index in [2.05, 4.69) is 5.32 Å². The second-order valence-corrected chi connectivity index (χ2v) is 4.79. The van der Waals surface area contributed by atoms with Crippen LogP contribution in [0.1, 0.15) is 17.2 Å². The minimum absolute atomic E-state index is 0.414. The number of ether oxygens (including phenoxy) is 1. The molecule has 0 bridgehead atoms. The molecule has 1 aliphatic rings. The average molecular weight is 269 g/mol. The first-order valence-corrected chi connectivity index (χ1v) is 6.53. The number of aliphatic hydroxyl groups excluding tert-OH is 1. The van der Waals surface area contributed by atoms with Gasteiger partial charge >= 0.3 is 6.09 Å². The van der Waals surface area contributed by atoms with Gasteiger partial charge in [-0.05, 0) is 23.3 Å². The van der Waals surface area contributed by atoms with Crippen LogP contribution in [0.25, 0.3) is 0 Å². The van der Waals surface area contributed by atoms with Gasteiger partial charge in [-0.25, -0.2) is 4.79 Å². The molecule has 2 N–H and O–H groups in total. The molecular formula is C16H15NO3. The summed E-state index contributed by atoms with van der Waals surface area (Å²) in [4.78, 5) is 11.9. The van der Waals surface area contributed by atoms with Crippen molar-refractivity contribution < 1.29 is 14.6 Å². The highest BCUT2D eigenvalue weighted by Crippen LogP contribution is 2.31. The van der Waals surface area contributed by atoms with E-state index in [0.717, 1.165) is 11.1 Å². The van der Waals surface area contributed by atoms with Gasteiger partial charge in [0.05, 0.1) is 12.1 Å². The van der Waals surface area contributed by atoms with E-state index < -0.39 is 18.2 Å². The predicted molar refractivity (Wildman–Crippen MR) is 74.5 cm³/mol. The number of rotatable bonds is 2. The Labute approximate surface area is 117 Å². The zero-order valence-corrected chi connectivity index (χ0v) is 10.8. The Morgan fingerprint density at radius 1 is 1.10 bits per heavy atom. The molecule has 0 aromatic heterocycles. The van der Waals surface area contributed by atoms with Crippen LogP contribution >= 0.6 is 0 Å². The van der Waals surface area contributed by atoms with Crippen molar-refractivity contribution >= 4 is 6.09 Å². The maximum atomic E-state index is 11.9. The first-order valence-electron chi connectivity index (χ1n) is 6.53. The van der Waals surface area contributed by atoms with Crippen molar-refractivity contribution in [1.29, 1.82) is 0 Å². The third-order valence-corrected chi connectivity index (χ3v) is 3.43. The molecule has 0 saturated carbocycles. The average Bonchev–Trinajstić information content (AvgIpc) is 2.76. The Morgan fingerprint density at radius 3 is 2.60 bits per heavy atom. The fraction of sp³-hybridized carbons (Fsp3) is 0.188. The van der Waals surface area contributed by atoms with Crippen LogP contribution in [0.4, 0.5) is 4.79 Å². The molecule has 1 aliphatic carbocycles. The first kappa shape index (κ1) is 12.7. The normalized spacial score (nSPS) is 20.2. The fourth-order valence-electron chi connectivity index (χ4n) is 2.50. The molecule has 2 atom stereocenters. The summed E-state index contributed by atoms with van der Waals surface area (Å²) in [5.41, 5.74) is 2.01. The highest BCUT2D eigenvalue weighted by Gasteiger charge is 2.32. The molecule has 3 rings (SSSR count). The third kappa shape index (κ3) is 2.51. The van der Waals surface area contributed by atoms with Crippen LogP contribution < -0.4 is 10.1 Å². The van der Waals surface area contributed by atoms with Crippen LogP contribution in [-0.4, -0.2) is 17.3 Å². The van der Waals surface area contributed by atoms with Crippen molar-refractivity contribution in [3.63, 3.8) is 0 Å². The summed E-state index contributed by atoms with van der Waals surface area (Å²) in [6.07, 6.45) is -0.625. The Morgan fingerprint density at radius 2 is 1.80 bits per heavy atom. The summed E-state index contributed by atoms with van der Waals surface area (Å²) < 4.78 is 5.18. The number of amides is 1. The lowest BCUT2D eigenvalue weighted by Gasteiger charge is -2.17. The van der Waals surface area contributed by atoms with E-state index in [9.17, 15) is 9.90 Å². The summed E-state index contributed by atoms with van der Waals surface area (Å²) in [6, 6.07) is 16.1. The van der Waals surface area contributed by atoms with Gasteiger partial charge in [-0.3, -0.25) is 0 Å². The van der Waals surface area contributed by atoms with Gasteiger partial charge in [-0.2, -0.15) is 0 Å². The summed E-state index contributed by atoms with van der Waals surface area (Å²) in [7, 11) is 0.